The molecule has 214 valence electrons. The Morgan fingerprint density at radius 3 is 1.85 bits per heavy atom. The number of carbonyl (C=O) groups is 6. The summed E-state index contributed by atoms with van der Waals surface area (Å²) in [4.78, 5) is 76.7. The first-order valence-electron chi connectivity index (χ1n) is 11.9. The molecule has 0 aromatic heterocycles. The van der Waals surface area contributed by atoms with Gasteiger partial charge in [-0.05, 0) is 18.4 Å². The van der Waals surface area contributed by atoms with Crippen LogP contribution < -0.4 is 44.6 Å². The summed E-state index contributed by atoms with van der Waals surface area (Å²) >= 11 is 0. The zero-order valence-corrected chi connectivity index (χ0v) is 21.2. The number of benzene rings is 1. The first kappa shape index (κ1) is 32.3. The lowest BCUT2D eigenvalue weighted by atomic mass is 10.0. The Balaban J connectivity index is 3.06. The van der Waals surface area contributed by atoms with Crippen LogP contribution in [-0.2, 0) is 35.2 Å². The van der Waals surface area contributed by atoms with Crippen LogP contribution in [0.2, 0.25) is 0 Å². The fourth-order valence-electron chi connectivity index (χ4n) is 3.37. The van der Waals surface area contributed by atoms with E-state index in [-0.39, 0.29) is 31.8 Å². The van der Waals surface area contributed by atoms with Crippen molar-refractivity contribution in [1.82, 2.24) is 16.0 Å². The molecule has 0 aliphatic carbocycles. The van der Waals surface area contributed by atoms with Gasteiger partial charge in [0.2, 0.25) is 29.5 Å². The Labute approximate surface area is 224 Å². The third-order valence-electron chi connectivity index (χ3n) is 5.27. The van der Waals surface area contributed by atoms with Crippen molar-refractivity contribution in [3.63, 3.8) is 0 Å². The Hall–Kier alpha value is -4.73. The summed E-state index contributed by atoms with van der Waals surface area (Å²) in [5.74, 6) is -6.09. The van der Waals surface area contributed by atoms with Gasteiger partial charge in [0.25, 0.3) is 0 Å². The predicted octanol–water partition coefficient (Wildman–Crippen LogP) is -4.10. The van der Waals surface area contributed by atoms with E-state index in [0.29, 0.717) is 5.56 Å². The first-order valence-corrected chi connectivity index (χ1v) is 11.9. The van der Waals surface area contributed by atoms with Gasteiger partial charge < -0.3 is 49.7 Å². The Bertz CT molecular complexity index is 1060. The molecule has 0 heterocycles. The lowest BCUT2D eigenvalue weighted by Gasteiger charge is -2.24. The number of amides is 5. The van der Waals surface area contributed by atoms with Crippen LogP contribution in [0.1, 0.15) is 31.2 Å². The van der Waals surface area contributed by atoms with Crippen molar-refractivity contribution in [3.8, 4) is 0 Å². The number of nitrogens with zero attached hydrogens (tertiary/aromatic N) is 1. The smallest absolute Gasteiger partial charge is 0.326 e. The lowest BCUT2D eigenvalue weighted by molar-refractivity contribution is -0.142. The zero-order valence-electron chi connectivity index (χ0n) is 21.2. The number of carboxylic acid groups (broad SMARTS) is 1. The summed E-state index contributed by atoms with van der Waals surface area (Å²) < 4.78 is 0. The molecule has 16 heteroatoms. The molecule has 0 radical (unpaired) electrons. The van der Waals surface area contributed by atoms with Crippen molar-refractivity contribution in [3.05, 3.63) is 35.9 Å². The molecular formula is C23H35N9O7. The van der Waals surface area contributed by atoms with E-state index in [9.17, 15) is 33.9 Å². The number of aliphatic carboxylic acids is 1. The molecule has 0 saturated carbocycles. The molecule has 0 bridgehead atoms. The fraction of sp³-hybridized carbons (Fsp3) is 0.435. The minimum atomic E-state index is -1.57. The van der Waals surface area contributed by atoms with Crippen LogP contribution in [-0.4, -0.2) is 77.3 Å². The molecule has 4 atom stereocenters. The van der Waals surface area contributed by atoms with Crippen LogP contribution in [0.4, 0.5) is 0 Å². The average Bonchev–Trinajstić information content (AvgIpc) is 2.84. The Morgan fingerprint density at radius 2 is 1.31 bits per heavy atom. The number of hydrogen-bond acceptors (Lipinski definition) is 8. The lowest BCUT2D eigenvalue weighted by Crippen LogP contribution is -2.58. The summed E-state index contributed by atoms with van der Waals surface area (Å²) in [6.07, 6.45) is -1.05. The minimum absolute atomic E-state index is 0.0334. The molecule has 1 rings (SSSR count). The van der Waals surface area contributed by atoms with Crippen molar-refractivity contribution < 1.29 is 33.9 Å². The molecule has 0 aliphatic rings. The largest absolute Gasteiger partial charge is 0.480 e. The number of aliphatic imine (C=N–C) groups is 1. The van der Waals surface area contributed by atoms with Gasteiger partial charge >= 0.3 is 5.97 Å². The van der Waals surface area contributed by atoms with Crippen LogP contribution in [0.3, 0.4) is 0 Å². The summed E-state index contributed by atoms with van der Waals surface area (Å²) in [7, 11) is 0. The van der Waals surface area contributed by atoms with E-state index in [1.54, 1.807) is 30.3 Å². The van der Waals surface area contributed by atoms with Crippen LogP contribution in [0.15, 0.2) is 35.3 Å². The molecule has 0 aliphatic heterocycles. The summed E-state index contributed by atoms with van der Waals surface area (Å²) in [6, 6.07) is 2.88. The molecule has 1 aromatic rings. The topological polar surface area (TPSA) is 301 Å². The third kappa shape index (κ3) is 12.9. The van der Waals surface area contributed by atoms with E-state index >= 15 is 0 Å². The van der Waals surface area contributed by atoms with Gasteiger partial charge in [-0.25, -0.2) is 4.79 Å². The highest BCUT2D eigenvalue weighted by atomic mass is 16.4. The normalized spacial score (nSPS) is 13.6. The highest BCUT2D eigenvalue weighted by molar-refractivity contribution is 5.96. The summed E-state index contributed by atoms with van der Waals surface area (Å²) in [5.41, 5.74) is 27.1. The number of guanidine groups is 1. The maximum absolute atomic E-state index is 13.1. The molecule has 1 aromatic carbocycles. The summed E-state index contributed by atoms with van der Waals surface area (Å²) in [6.45, 7) is 0.0975. The van der Waals surface area contributed by atoms with Gasteiger partial charge in [-0.15, -0.1) is 0 Å². The number of hydrogen-bond donors (Lipinski definition) is 9. The Kier molecular flexibility index (Phi) is 13.4. The monoisotopic (exact) mass is 549 g/mol. The minimum Gasteiger partial charge on any atom is -0.480 e. The van der Waals surface area contributed by atoms with Crippen LogP contribution in [0, 0.1) is 0 Å². The van der Waals surface area contributed by atoms with Crippen LogP contribution in [0.5, 0.6) is 0 Å². The number of nitrogens with two attached hydrogens (primary N) is 5. The number of rotatable bonds is 17. The SMILES string of the molecule is NC(=O)CC(N)C(=O)NC(CCCN=C(N)N)C(=O)NC(CC(N)=O)C(=O)NC(Cc1ccccc1)C(=O)O. The van der Waals surface area contributed by atoms with Crippen molar-refractivity contribution in [2.24, 2.45) is 33.7 Å². The standard InChI is InChI=1S/C23H35N9O7/c24-13(10-17(25)33)19(35)30-14(7-4-8-29-23(27)28)20(36)31-15(11-18(26)34)21(37)32-16(22(38)39)9-12-5-2-1-3-6-12/h1-3,5-6,13-16H,4,7-11,24H2,(H2,25,33)(H2,26,34)(H,30,35)(H,31,36)(H,32,37)(H,38,39)(H4,27,28,29). The van der Waals surface area contributed by atoms with Gasteiger partial charge in [-0.3, -0.25) is 29.0 Å². The second-order valence-corrected chi connectivity index (χ2v) is 8.61. The van der Waals surface area contributed by atoms with Crippen molar-refractivity contribution >= 4 is 41.5 Å². The molecule has 0 saturated heterocycles. The second-order valence-electron chi connectivity index (χ2n) is 8.61. The van der Waals surface area contributed by atoms with Gasteiger partial charge in [-0.1, -0.05) is 30.3 Å². The quantitative estimate of drug-likeness (QED) is 0.0513. The fourth-order valence-corrected chi connectivity index (χ4v) is 3.37. The molecule has 0 fully saturated rings. The Morgan fingerprint density at radius 1 is 0.769 bits per heavy atom. The molecule has 14 N–H and O–H groups in total. The highest BCUT2D eigenvalue weighted by Gasteiger charge is 2.31. The van der Waals surface area contributed by atoms with Gasteiger partial charge in [0.05, 0.1) is 18.9 Å². The number of primary amides is 2. The molecule has 5 amide bonds. The summed E-state index contributed by atoms with van der Waals surface area (Å²) in [5, 5.41) is 16.5. The van der Waals surface area contributed by atoms with E-state index in [1.807, 2.05) is 0 Å². The third-order valence-corrected chi connectivity index (χ3v) is 5.27. The molecular weight excluding hydrogens is 514 g/mol. The van der Waals surface area contributed by atoms with Gasteiger partial charge in [0.15, 0.2) is 5.96 Å². The second kappa shape index (κ2) is 16.2. The van der Waals surface area contributed by atoms with Gasteiger partial charge in [0.1, 0.15) is 18.1 Å². The first-order chi connectivity index (χ1) is 18.3. The van der Waals surface area contributed by atoms with E-state index in [2.05, 4.69) is 20.9 Å². The van der Waals surface area contributed by atoms with Crippen molar-refractivity contribution in [2.75, 3.05) is 6.54 Å². The maximum atomic E-state index is 13.1. The maximum Gasteiger partial charge on any atom is 0.326 e. The number of carbonyl (C=O) groups excluding carboxylic acids is 5. The molecule has 16 nitrogen and oxygen atoms in total. The predicted molar refractivity (Wildman–Crippen MR) is 139 cm³/mol. The van der Waals surface area contributed by atoms with Crippen molar-refractivity contribution in [2.45, 2.75) is 56.3 Å². The average molecular weight is 550 g/mol. The van der Waals surface area contributed by atoms with Gasteiger partial charge in [-0.2, -0.15) is 0 Å². The van der Waals surface area contributed by atoms with E-state index in [0.717, 1.165) is 0 Å². The highest BCUT2D eigenvalue weighted by Crippen LogP contribution is 2.06. The van der Waals surface area contributed by atoms with E-state index in [1.165, 1.54) is 0 Å². The zero-order chi connectivity index (χ0) is 29.5. The van der Waals surface area contributed by atoms with E-state index < -0.39 is 72.5 Å². The van der Waals surface area contributed by atoms with Crippen LogP contribution in [0.25, 0.3) is 0 Å². The van der Waals surface area contributed by atoms with E-state index in [4.69, 9.17) is 28.7 Å². The van der Waals surface area contributed by atoms with Gasteiger partial charge in [0, 0.05) is 13.0 Å². The molecule has 4 unspecified atom stereocenters. The number of carboxylic acids is 1. The van der Waals surface area contributed by atoms with Crippen LogP contribution >= 0.6 is 0 Å². The number of nitrogens with one attached hydrogen (secondary N) is 3. The molecule has 0 spiro atoms. The van der Waals surface area contributed by atoms with Crippen molar-refractivity contribution in [1.29, 1.82) is 0 Å². The molecule has 39 heavy (non-hydrogen) atoms.